The minimum absolute atomic E-state index is 0.0416. The molecule has 0 radical (unpaired) electrons. The topological polar surface area (TPSA) is 84.0 Å². The van der Waals surface area contributed by atoms with Gasteiger partial charge >= 0.3 is 6.03 Å². The van der Waals surface area contributed by atoms with E-state index in [1.54, 1.807) is 17.0 Å². The van der Waals surface area contributed by atoms with Crippen molar-refractivity contribution in [1.29, 1.82) is 0 Å². The number of aryl methyl sites for hydroxylation is 1. The lowest BCUT2D eigenvalue weighted by atomic mass is 10.2. The quantitative estimate of drug-likeness (QED) is 0.777. The molecular weight excluding hydrogens is 399 g/mol. The minimum Gasteiger partial charge on any atom is -0.350 e. The number of carbonyl (C=O) groups is 2. The van der Waals surface area contributed by atoms with Crippen LogP contribution in [0.2, 0.25) is 0 Å². The zero-order valence-electron chi connectivity index (χ0n) is 16.1. The van der Waals surface area contributed by atoms with Gasteiger partial charge in [-0.2, -0.15) is 0 Å². The molecule has 1 aromatic heterocycles. The lowest BCUT2D eigenvalue weighted by Crippen LogP contribution is -2.39. The highest BCUT2D eigenvalue weighted by molar-refractivity contribution is 7.16. The fraction of sp³-hybridized carbons (Fsp3) is 0.421. The number of rotatable bonds is 6. The zero-order chi connectivity index (χ0) is 20.5. The number of urea groups is 1. The molecule has 2 saturated heterocycles. The van der Waals surface area contributed by atoms with Crippen molar-refractivity contribution >= 4 is 28.4 Å². The van der Waals surface area contributed by atoms with Crippen molar-refractivity contribution < 1.29 is 23.5 Å². The number of anilines is 1. The average Bonchev–Trinajstić information content (AvgIpc) is 3.21. The summed E-state index contributed by atoms with van der Waals surface area (Å²) in [4.78, 5) is 33.3. The molecule has 8 nitrogen and oxygen atoms in total. The molecule has 0 spiro atoms. The lowest BCUT2D eigenvalue weighted by molar-refractivity contribution is -0.381. The molecule has 3 amide bonds. The van der Waals surface area contributed by atoms with Crippen LogP contribution in [0.5, 0.6) is 0 Å². The molecule has 10 heteroatoms. The summed E-state index contributed by atoms with van der Waals surface area (Å²) >= 11 is 1.36. The number of hydrogen-bond donors (Lipinski definition) is 1. The Morgan fingerprint density at radius 3 is 2.72 bits per heavy atom. The Kier molecular flexibility index (Phi) is 5.48. The molecule has 154 valence electrons. The van der Waals surface area contributed by atoms with E-state index in [9.17, 15) is 14.0 Å². The number of ether oxygens (including phenoxy) is 2. The van der Waals surface area contributed by atoms with Gasteiger partial charge in [0.1, 0.15) is 12.4 Å². The lowest BCUT2D eigenvalue weighted by Gasteiger charge is -2.33. The third kappa shape index (κ3) is 4.24. The van der Waals surface area contributed by atoms with Crippen LogP contribution < -0.4 is 10.2 Å². The molecule has 2 aliphatic rings. The molecule has 0 unspecified atom stereocenters. The first-order chi connectivity index (χ1) is 13.9. The highest BCUT2D eigenvalue weighted by Gasteiger charge is 2.36. The van der Waals surface area contributed by atoms with Crippen molar-refractivity contribution in [2.75, 3.05) is 24.5 Å². The molecule has 1 N–H and O–H groups in total. The van der Waals surface area contributed by atoms with E-state index < -0.39 is 6.29 Å². The fourth-order valence-corrected chi connectivity index (χ4v) is 4.21. The monoisotopic (exact) mass is 420 g/mol. The number of carbonyl (C=O) groups excluding carboxylic acids is 2. The summed E-state index contributed by atoms with van der Waals surface area (Å²) in [5, 5.41) is 3.32. The summed E-state index contributed by atoms with van der Waals surface area (Å²) in [5.74, 6) is -0.598. The van der Waals surface area contributed by atoms with E-state index in [0.717, 1.165) is 16.1 Å². The van der Waals surface area contributed by atoms with Crippen LogP contribution in [0.3, 0.4) is 0 Å². The van der Waals surface area contributed by atoms with Crippen molar-refractivity contribution in [2.45, 2.75) is 33.0 Å². The molecule has 0 aliphatic carbocycles. The van der Waals surface area contributed by atoms with E-state index in [4.69, 9.17) is 9.47 Å². The van der Waals surface area contributed by atoms with Crippen LogP contribution in [-0.2, 0) is 20.8 Å². The Hall–Kier alpha value is -2.56. The van der Waals surface area contributed by atoms with Crippen LogP contribution in [0, 0.1) is 12.7 Å². The maximum Gasteiger partial charge on any atom is 0.326 e. The fourth-order valence-electron chi connectivity index (χ4n) is 3.15. The van der Waals surface area contributed by atoms with Gasteiger partial charge in [0, 0.05) is 19.6 Å². The summed E-state index contributed by atoms with van der Waals surface area (Å²) < 4.78 is 24.0. The minimum atomic E-state index is -0.428. The summed E-state index contributed by atoms with van der Waals surface area (Å²) in [6.07, 6.45) is -0.662. The Bertz CT molecular complexity index is 913. The van der Waals surface area contributed by atoms with Crippen LogP contribution in [0.25, 0.3) is 0 Å². The molecule has 29 heavy (non-hydrogen) atoms. The SMILES string of the molecule is Cc1nc(N2CCN(CC(=O)NCc3ccc(F)cc3)C2=O)sc1C1OC(C)O1. The van der Waals surface area contributed by atoms with Gasteiger partial charge in [-0.15, -0.1) is 0 Å². The second-order valence-electron chi connectivity index (χ2n) is 6.88. The summed E-state index contributed by atoms with van der Waals surface area (Å²) in [5.41, 5.74) is 1.56. The first kappa shape index (κ1) is 19.7. The molecule has 2 aliphatic heterocycles. The molecule has 0 bridgehead atoms. The van der Waals surface area contributed by atoms with E-state index >= 15 is 0 Å². The first-order valence-corrected chi connectivity index (χ1v) is 10.1. The summed E-state index contributed by atoms with van der Waals surface area (Å²) in [6.45, 7) is 4.80. The van der Waals surface area contributed by atoms with Gasteiger partial charge in [0.05, 0.1) is 10.6 Å². The molecule has 2 fully saturated rings. The van der Waals surface area contributed by atoms with Crippen molar-refractivity contribution in [3.05, 3.63) is 46.2 Å². The smallest absolute Gasteiger partial charge is 0.326 e. The number of thiazole rings is 1. The highest BCUT2D eigenvalue weighted by Crippen LogP contribution is 2.39. The maximum absolute atomic E-state index is 12.9. The Labute approximate surface area is 171 Å². The number of hydrogen-bond acceptors (Lipinski definition) is 6. The number of aromatic nitrogens is 1. The molecule has 2 aromatic rings. The van der Waals surface area contributed by atoms with Crippen LogP contribution in [0.1, 0.15) is 29.3 Å². The second-order valence-corrected chi connectivity index (χ2v) is 7.89. The predicted octanol–water partition coefficient (Wildman–Crippen LogP) is 2.54. The Balaban J connectivity index is 1.32. The van der Waals surface area contributed by atoms with Crippen molar-refractivity contribution in [1.82, 2.24) is 15.2 Å². The maximum atomic E-state index is 12.9. The van der Waals surface area contributed by atoms with E-state index in [1.165, 1.54) is 28.4 Å². The van der Waals surface area contributed by atoms with E-state index in [1.807, 2.05) is 13.8 Å². The van der Waals surface area contributed by atoms with E-state index in [2.05, 4.69) is 10.3 Å². The van der Waals surface area contributed by atoms with E-state index in [0.29, 0.717) is 18.2 Å². The molecule has 3 heterocycles. The van der Waals surface area contributed by atoms with Gasteiger partial charge in [-0.25, -0.2) is 14.2 Å². The molecule has 0 atom stereocenters. The van der Waals surface area contributed by atoms with Crippen LogP contribution >= 0.6 is 11.3 Å². The van der Waals surface area contributed by atoms with Gasteiger partial charge in [-0.1, -0.05) is 23.5 Å². The molecular formula is C19H21FN4O4S. The third-order valence-corrected chi connectivity index (χ3v) is 5.93. The molecule has 4 rings (SSSR count). The van der Waals surface area contributed by atoms with Gasteiger partial charge in [-0.05, 0) is 31.5 Å². The van der Waals surface area contributed by atoms with Gasteiger partial charge < -0.3 is 19.7 Å². The Morgan fingerprint density at radius 1 is 1.31 bits per heavy atom. The summed E-state index contributed by atoms with van der Waals surface area (Å²) in [6, 6.07) is 5.64. The van der Waals surface area contributed by atoms with Gasteiger partial charge in [0.15, 0.2) is 11.4 Å². The standard InChI is InChI=1S/C19H21FN4O4S/c1-11-16(17-27-12(2)28-17)29-18(22-11)24-8-7-23(19(24)26)10-15(25)21-9-13-3-5-14(20)6-4-13/h3-6,12,17H,7-10H2,1-2H3,(H,21,25). The first-order valence-electron chi connectivity index (χ1n) is 9.26. The number of nitrogens with zero attached hydrogens (tertiary/aromatic N) is 3. The number of amides is 3. The normalized spacial score (nSPS) is 21.4. The molecule has 1 aromatic carbocycles. The largest absolute Gasteiger partial charge is 0.350 e. The van der Waals surface area contributed by atoms with Crippen molar-refractivity contribution in [2.24, 2.45) is 0 Å². The molecule has 0 saturated carbocycles. The van der Waals surface area contributed by atoms with Gasteiger partial charge in [-0.3, -0.25) is 9.69 Å². The number of nitrogens with one attached hydrogen (secondary N) is 1. The van der Waals surface area contributed by atoms with Crippen molar-refractivity contribution in [3.63, 3.8) is 0 Å². The number of benzene rings is 1. The van der Waals surface area contributed by atoms with Crippen molar-refractivity contribution in [3.8, 4) is 0 Å². The predicted molar refractivity (Wildman–Crippen MR) is 104 cm³/mol. The second kappa shape index (κ2) is 8.05. The van der Waals surface area contributed by atoms with Gasteiger partial charge in [0.25, 0.3) is 0 Å². The number of halogens is 1. The zero-order valence-corrected chi connectivity index (χ0v) is 16.9. The Morgan fingerprint density at radius 2 is 2.03 bits per heavy atom. The van der Waals surface area contributed by atoms with Gasteiger partial charge in [0.2, 0.25) is 12.2 Å². The average molecular weight is 420 g/mol. The van der Waals surface area contributed by atoms with Crippen LogP contribution in [0.15, 0.2) is 24.3 Å². The van der Waals surface area contributed by atoms with Crippen LogP contribution in [0.4, 0.5) is 14.3 Å². The highest BCUT2D eigenvalue weighted by atomic mass is 32.1. The summed E-state index contributed by atoms with van der Waals surface area (Å²) in [7, 11) is 0. The van der Waals surface area contributed by atoms with E-state index in [-0.39, 0.29) is 37.1 Å². The van der Waals surface area contributed by atoms with Crippen LogP contribution in [-0.4, -0.2) is 47.7 Å². The third-order valence-electron chi connectivity index (χ3n) is 4.73.